The molecule has 37 heavy (non-hydrogen) atoms. The molecule has 2 aromatic heterocycles. The quantitative estimate of drug-likeness (QED) is 0.183. The summed E-state index contributed by atoms with van der Waals surface area (Å²) < 4.78 is 2.37. The zero-order chi connectivity index (χ0) is 24.3. The predicted molar refractivity (Wildman–Crippen MR) is 147 cm³/mol. The second-order valence-corrected chi connectivity index (χ2v) is 9.63. The number of aromatic nitrogens is 3. The molecule has 0 spiro atoms. The van der Waals surface area contributed by atoms with Gasteiger partial charge in [0.05, 0.1) is 16.9 Å². The number of hydrogen-bond acceptors (Lipinski definition) is 2. The van der Waals surface area contributed by atoms with Gasteiger partial charge in [-0.1, -0.05) is 37.1 Å². The van der Waals surface area contributed by atoms with Crippen molar-refractivity contribution < 1.29 is 20.1 Å². The second kappa shape index (κ2) is 11.4. The van der Waals surface area contributed by atoms with Crippen LogP contribution in [0.3, 0.4) is 0 Å². The van der Waals surface area contributed by atoms with E-state index in [1.807, 2.05) is 54.6 Å². The van der Waals surface area contributed by atoms with Gasteiger partial charge in [0.15, 0.2) is 0 Å². The van der Waals surface area contributed by atoms with Crippen LogP contribution in [0.1, 0.15) is 55.7 Å². The van der Waals surface area contributed by atoms with Gasteiger partial charge in [-0.2, -0.15) is 0 Å². The van der Waals surface area contributed by atoms with Gasteiger partial charge < -0.3 is 9.55 Å². The molecular formula is C33H29IrN3-2. The normalized spacial score (nSPS) is 16.2. The Morgan fingerprint density at radius 2 is 1.59 bits per heavy atom. The van der Waals surface area contributed by atoms with Crippen LogP contribution in [0.5, 0.6) is 0 Å². The average Bonchev–Trinajstić information content (AvgIpc) is 3.62. The molecule has 4 heteroatoms. The van der Waals surface area contributed by atoms with E-state index >= 15 is 0 Å². The SMILES string of the molecule is CC1C=Cc2cc(C3CCCC3)cc3nc(-c4[c-]cccc4)n1c23.[Ir].[c-]1ccccc1-c1ccccn1. The van der Waals surface area contributed by atoms with Crippen molar-refractivity contribution in [2.24, 2.45) is 0 Å². The molecule has 1 radical (unpaired) electrons. The molecule has 3 aromatic carbocycles. The molecule has 0 bridgehead atoms. The molecule has 0 amide bonds. The standard InChI is InChI=1S/C22H21N2.C11H8N.Ir/c1-15-11-12-18-13-19(16-7-5-6-8-16)14-20-21(18)24(15)22(23-20)17-9-3-2-4-10-17;1-2-6-10(7-3-1)11-8-4-5-9-12-11;/h2-4,9,11-16H,5-8H2,1H3;1-6,8-9H;/q2*-1;. The Morgan fingerprint density at radius 1 is 0.865 bits per heavy atom. The fourth-order valence-corrected chi connectivity index (χ4v) is 5.43. The van der Waals surface area contributed by atoms with E-state index in [2.05, 4.69) is 65.0 Å². The van der Waals surface area contributed by atoms with Crippen molar-refractivity contribution in [3.05, 3.63) is 114 Å². The first-order chi connectivity index (χ1) is 17.8. The maximum atomic E-state index is 5.03. The maximum Gasteiger partial charge on any atom is 0.0780 e. The summed E-state index contributed by atoms with van der Waals surface area (Å²) in [6.45, 7) is 2.23. The minimum absolute atomic E-state index is 0. The third-order valence-electron chi connectivity index (χ3n) is 7.23. The molecule has 1 fully saturated rings. The Kier molecular flexibility index (Phi) is 7.79. The van der Waals surface area contributed by atoms with Crippen LogP contribution in [0, 0.1) is 12.1 Å². The summed E-state index contributed by atoms with van der Waals surface area (Å²) in [5, 5.41) is 0. The summed E-state index contributed by atoms with van der Waals surface area (Å²) in [7, 11) is 0. The molecule has 3 heterocycles. The molecule has 1 atom stereocenters. The van der Waals surface area contributed by atoms with Crippen molar-refractivity contribution in [1.82, 2.24) is 14.5 Å². The maximum absolute atomic E-state index is 5.03. The molecule has 1 aliphatic heterocycles. The van der Waals surface area contributed by atoms with Crippen molar-refractivity contribution in [1.29, 1.82) is 0 Å². The van der Waals surface area contributed by atoms with Gasteiger partial charge in [0.1, 0.15) is 0 Å². The Morgan fingerprint density at radius 3 is 2.27 bits per heavy atom. The fraction of sp³-hybridized carbons (Fsp3) is 0.212. The van der Waals surface area contributed by atoms with Crippen molar-refractivity contribution >= 4 is 17.1 Å². The van der Waals surface area contributed by atoms with Gasteiger partial charge in [-0.05, 0) is 60.7 Å². The first kappa shape index (κ1) is 25.3. The van der Waals surface area contributed by atoms with Crippen LogP contribution in [0.15, 0.2) is 91.1 Å². The van der Waals surface area contributed by atoms with Crippen LogP contribution in [0.4, 0.5) is 0 Å². The zero-order valence-electron chi connectivity index (χ0n) is 20.9. The number of nitrogens with zero attached hydrogens (tertiary/aromatic N) is 3. The third-order valence-corrected chi connectivity index (χ3v) is 7.23. The summed E-state index contributed by atoms with van der Waals surface area (Å²) in [4.78, 5) is 9.25. The van der Waals surface area contributed by atoms with E-state index in [1.165, 1.54) is 42.3 Å². The molecule has 1 unspecified atom stereocenters. The summed E-state index contributed by atoms with van der Waals surface area (Å²) in [5.41, 5.74) is 8.29. The minimum atomic E-state index is 0. The van der Waals surface area contributed by atoms with E-state index in [9.17, 15) is 0 Å². The van der Waals surface area contributed by atoms with Gasteiger partial charge in [0.25, 0.3) is 0 Å². The van der Waals surface area contributed by atoms with Gasteiger partial charge in [0, 0.05) is 32.3 Å². The summed E-state index contributed by atoms with van der Waals surface area (Å²) in [5.74, 6) is 1.75. The van der Waals surface area contributed by atoms with Gasteiger partial charge in [0.2, 0.25) is 0 Å². The van der Waals surface area contributed by atoms with Crippen molar-refractivity contribution in [3.63, 3.8) is 0 Å². The fourth-order valence-electron chi connectivity index (χ4n) is 5.43. The molecule has 187 valence electrons. The molecular weight excluding hydrogens is 631 g/mol. The first-order valence-corrected chi connectivity index (χ1v) is 12.9. The molecule has 1 aliphatic carbocycles. The van der Waals surface area contributed by atoms with E-state index in [1.54, 1.807) is 6.20 Å². The molecule has 2 aliphatic rings. The van der Waals surface area contributed by atoms with E-state index in [-0.39, 0.29) is 20.1 Å². The Hall–Kier alpha value is -3.33. The van der Waals surface area contributed by atoms with Crippen LogP contribution >= 0.6 is 0 Å². The predicted octanol–water partition coefficient (Wildman–Crippen LogP) is 8.30. The largest absolute Gasteiger partial charge is 0.358 e. The molecule has 3 nitrogen and oxygen atoms in total. The van der Waals surface area contributed by atoms with E-state index in [0.717, 1.165) is 34.1 Å². The van der Waals surface area contributed by atoms with Crippen molar-refractivity contribution in [3.8, 4) is 22.6 Å². The molecule has 7 rings (SSSR count). The molecule has 0 N–H and O–H groups in total. The monoisotopic (exact) mass is 660 g/mol. The zero-order valence-corrected chi connectivity index (χ0v) is 23.3. The number of rotatable bonds is 3. The number of allylic oxidation sites excluding steroid dienone is 1. The van der Waals surface area contributed by atoms with Crippen LogP contribution < -0.4 is 0 Å². The Balaban J connectivity index is 0.000000183. The first-order valence-electron chi connectivity index (χ1n) is 12.9. The van der Waals surface area contributed by atoms with E-state index in [0.29, 0.717) is 6.04 Å². The molecule has 1 saturated carbocycles. The van der Waals surface area contributed by atoms with Gasteiger partial charge in [-0.3, -0.25) is 4.98 Å². The van der Waals surface area contributed by atoms with Crippen LogP contribution in [0.2, 0.25) is 0 Å². The Bertz CT molecular complexity index is 1450. The van der Waals surface area contributed by atoms with Crippen molar-refractivity contribution in [2.45, 2.75) is 44.6 Å². The minimum Gasteiger partial charge on any atom is -0.358 e. The third kappa shape index (κ3) is 5.23. The second-order valence-electron chi connectivity index (χ2n) is 9.63. The number of pyridine rings is 1. The number of benzene rings is 3. The van der Waals surface area contributed by atoms with Crippen LogP contribution in [0.25, 0.3) is 39.8 Å². The summed E-state index contributed by atoms with van der Waals surface area (Å²) in [6, 6.07) is 33.4. The molecule has 5 aromatic rings. The number of hydrogen-bond donors (Lipinski definition) is 0. The van der Waals surface area contributed by atoms with Crippen LogP contribution in [-0.4, -0.2) is 14.5 Å². The van der Waals surface area contributed by atoms with E-state index < -0.39 is 0 Å². The van der Waals surface area contributed by atoms with Gasteiger partial charge >= 0.3 is 0 Å². The number of imidazole rings is 1. The summed E-state index contributed by atoms with van der Waals surface area (Å²) in [6.07, 6.45) is 11.7. The Labute approximate surface area is 232 Å². The van der Waals surface area contributed by atoms with Crippen LogP contribution in [-0.2, 0) is 20.1 Å². The van der Waals surface area contributed by atoms with Gasteiger partial charge in [-0.15, -0.1) is 71.8 Å². The van der Waals surface area contributed by atoms with Crippen molar-refractivity contribution in [2.75, 3.05) is 0 Å². The smallest absolute Gasteiger partial charge is 0.0780 e. The topological polar surface area (TPSA) is 30.7 Å². The van der Waals surface area contributed by atoms with Gasteiger partial charge in [-0.25, -0.2) is 0 Å². The average molecular weight is 660 g/mol. The van der Waals surface area contributed by atoms with E-state index in [4.69, 9.17) is 4.98 Å². The summed E-state index contributed by atoms with van der Waals surface area (Å²) >= 11 is 0. The molecule has 0 saturated heterocycles.